The first-order valence-electron chi connectivity index (χ1n) is 5.92. The van der Waals surface area contributed by atoms with Crippen LogP contribution in [0.3, 0.4) is 0 Å². The molecule has 0 bridgehead atoms. The minimum atomic E-state index is -3.49. The number of halogens is 1. The summed E-state index contributed by atoms with van der Waals surface area (Å²) < 4.78 is 27.7. The lowest BCUT2D eigenvalue weighted by Crippen LogP contribution is -2.25. The highest BCUT2D eigenvalue weighted by atomic mass is 79.9. The molecule has 0 amide bonds. The van der Waals surface area contributed by atoms with Crippen molar-refractivity contribution in [3.63, 3.8) is 0 Å². The van der Waals surface area contributed by atoms with Crippen LogP contribution in [-0.4, -0.2) is 27.0 Å². The first-order chi connectivity index (χ1) is 8.88. The Kier molecular flexibility index (Phi) is 6.65. The van der Waals surface area contributed by atoms with Gasteiger partial charge in [0.25, 0.3) is 0 Å². The lowest BCUT2D eigenvalue weighted by atomic mass is 10.2. The highest BCUT2D eigenvalue weighted by Gasteiger charge is 2.18. The Morgan fingerprint density at radius 2 is 2.05 bits per heavy atom. The molecule has 0 saturated heterocycles. The molecule has 0 aliphatic rings. The summed E-state index contributed by atoms with van der Waals surface area (Å²) >= 11 is 5.03. The molecule has 1 aromatic carbocycles. The van der Waals surface area contributed by atoms with E-state index < -0.39 is 10.0 Å². The third-order valence-electron chi connectivity index (χ3n) is 2.72. The molecule has 0 aliphatic heterocycles. The fourth-order valence-electron chi connectivity index (χ4n) is 1.61. The minimum Gasteiger partial charge on any atom is -0.398 e. The number of hydrogen-bond donors (Lipinski definition) is 2. The van der Waals surface area contributed by atoms with E-state index in [1.54, 1.807) is 30.8 Å². The van der Waals surface area contributed by atoms with Crippen LogP contribution in [-0.2, 0) is 10.0 Å². The Labute approximate surface area is 127 Å². The molecule has 19 heavy (non-hydrogen) atoms. The fraction of sp³-hybridized carbons (Fsp3) is 0.500. The Morgan fingerprint density at radius 1 is 1.37 bits per heavy atom. The van der Waals surface area contributed by atoms with E-state index in [-0.39, 0.29) is 4.90 Å². The molecule has 1 aromatic rings. The van der Waals surface area contributed by atoms with Gasteiger partial charge in [-0.2, -0.15) is 11.8 Å². The van der Waals surface area contributed by atoms with Crippen LogP contribution >= 0.6 is 27.7 Å². The molecule has 0 spiro atoms. The number of rotatable bonds is 7. The second-order valence-corrected chi connectivity index (χ2v) is 7.85. The average Bonchev–Trinajstić information content (AvgIpc) is 2.33. The maximum absolute atomic E-state index is 12.2. The van der Waals surface area contributed by atoms with Gasteiger partial charge in [0.15, 0.2) is 0 Å². The zero-order chi connectivity index (χ0) is 14.5. The molecule has 7 heteroatoms. The van der Waals surface area contributed by atoms with Gasteiger partial charge in [0.2, 0.25) is 10.0 Å². The third-order valence-corrected chi connectivity index (χ3v) is 5.46. The molecule has 1 rings (SSSR count). The monoisotopic (exact) mass is 366 g/mol. The maximum Gasteiger partial charge on any atom is 0.240 e. The lowest BCUT2D eigenvalue weighted by molar-refractivity contribution is 0.578. The molecule has 0 radical (unpaired) electrons. The molecule has 0 saturated carbocycles. The quantitative estimate of drug-likeness (QED) is 0.574. The van der Waals surface area contributed by atoms with Crippen LogP contribution in [0.25, 0.3) is 0 Å². The van der Waals surface area contributed by atoms with Gasteiger partial charge in [-0.25, -0.2) is 13.1 Å². The predicted octanol–water partition coefficient (Wildman–Crippen LogP) is 2.76. The summed E-state index contributed by atoms with van der Waals surface area (Å²) in [5, 5.41) is 0. The van der Waals surface area contributed by atoms with Gasteiger partial charge in [-0.15, -0.1) is 0 Å². The first-order valence-corrected chi connectivity index (χ1v) is 9.59. The molecule has 3 N–H and O–H groups in total. The normalized spacial score (nSPS) is 11.7. The molecule has 0 heterocycles. The van der Waals surface area contributed by atoms with E-state index in [1.807, 2.05) is 6.26 Å². The van der Waals surface area contributed by atoms with Gasteiger partial charge in [-0.3, -0.25) is 0 Å². The van der Waals surface area contributed by atoms with Crippen molar-refractivity contribution in [2.75, 3.05) is 24.3 Å². The SMILES string of the molecule is CSCCCCNS(=O)(=O)c1cc(Br)cc(N)c1C. The van der Waals surface area contributed by atoms with Crippen LogP contribution in [0.15, 0.2) is 21.5 Å². The van der Waals surface area contributed by atoms with Crippen LogP contribution in [0.2, 0.25) is 0 Å². The fourth-order valence-corrected chi connectivity index (χ4v) is 4.10. The Balaban J connectivity index is 2.78. The summed E-state index contributed by atoms with van der Waals surface area (Å²) in [7, 11) is -3.49. The lowest BCUT2D eigenvalue weighted by Gasteiger charge is -2.11. The van der Waals surface area contributed by atoms with Gasteiger partial charge in [-0.1, -0.05) is 15.9 Å². The van der Waals surface area contributed by atoms with E-state index in [0.717, 1.165) is 18.6 Å². The summed E-state index contributed by atoms with van der Waals surface area (Å²) in [5.74, 6) is 1.05. The van der Waals surface area contributed by atoms with Gasteiger partial charge in [0.1, 0.15) is 0 Å². The number of benzene rings is 1. The molecule has 0 fully saturated rings. The number of sulfonamides is 1. The van der Waals surface area contributed by atoms with Crippen LogP contribution in [0.4, 0.5) is 5.69 Å². The van der Waals surface area contributed by atoms with Crippen LogP contribution in [0.1, 0.15) is 18.4 Å². The highest BCUT2D eigenvalue weighted by molar-refractivity contribution is 9.10. The predicted molar refractivity (Wildman–Crippen MR) is 86.1 cm³/mol. The van der Waals surface area contributed by atoms with Crippen molar-refractivity contribution in [2.45, 2.75) is 24.7 Å². The van der Waals surface area contributed by atoms with Crippen molar-refractivity contribution in [3.8, 4) is 0 Å². The third kappa shape index (κ3) is 4.98. The summed E-state index contributed by atoms with van der Waals surface area (Å²) in [4.78, 5) is 0.240. The largest absolute Gasteiger partial charge is 0.398 e. The average molecular weight is 367 g/mol. The summed E-state index contributed by atoms with van der Waals surface area (Å²) in [6.45, 7) is 2.17. The number of nitrogens with two attached hydrogens (primary N) is 1. The second kappa shape index (κ2) is 7.52. The number of unbranched alkanes of at least 4 members (excludes halogenated alkanes) is 1. The Bertz CT molecular complexity index is 533. The van der Waals surface area contributed by atoms with Crippen molar-refractivity contribution in [2.24, 2.45) is 0 Å². The zero-order valence-electron chi connectivity index (χ0n) is 11.1. The number of hydrogen-bond acceptors (Lipinski definition) is 4. The summed E-state index contributed by atoms with van der Waals surface area (Å²) in [5.41, 5.74) is 6.84. The highest BCUT2D eigenvalue weighted by Crippen LogP contribution is 2.26. The van der Waals surface area contributed by atoms with Gasteiger partial charge < -0.3 is 5.73 Å². The van der Waals surface area contributed by atoms with Crippen molar-refractivity contribution in [1.29, 1.82) is 0 Å². The van der Waals surface area contributed by atoms with Gasteiger partial charge in [0.05, 0.1) is 4.90 Å². The van der Waals surface area contributed by atoms with Gasteiger partial charge in [-0.05, 0) is 49.5 Å². The van der Waals surface area contributed by atoms with Crippen LogP contribution < -0.4 is 10.5 Å². The molecule has 108 valence electrons. The second-order valence-electron chi connectivity index (χ2n) is 4.22. The number of thioether (sulfide) groups is 1. The van der Waals surface area contributed by atoms with Gasteiger partial charge >= 0.3 is 0 Å². The Morgan fingerprint density at radius 3 is 2.68 bits per heavy atom. The van der Waals surface area contributed by atoms with E-state index >= 15 is 0 Å². The molecular formula is C12H19BrN2O2S2. The summed E-state index contributed by atoms with van der Waals surface area (Å²) in [6.07, 6.45) is 3.88. The van der Waals surface area contributed by atoms with Crippen molar-refractivity contribution in [1.82, 2.24) is 4.72 Å². The van der Waals surface area contributed by atoms with E-state index in [9.17, 15) is 8.42 Å². The molecule has 0 unspecified atom stereocenters. The van der Waals surface area contributed by atoms with E-state index in [2.05, 4.69) is 20.7 Å². The summed E-state index contributed by atoms with van der Waals surface area (Å²) in [6, 6.07) is 3.28. The number of nitrogens with one attached hydrogen (secondary N) is 1. The molecule has 4 nitrogen and oxygen atoms in total. The maximum atomic E-state index is 12.2. The molecular weight excluding hydrogens is 348 g/mol. The standard InChI is InChI=1S/C12H19BrN2O2S2/c1-9-11(14)7-10(13)8-12(9)19(16,17)15-5-3-4-6-18-2/h7-8,15H,3-6,14H2,1-2H3. The van der Waals surface area contributed by atoms with Crippen LogP contribution in [0.5, 0.6) is 0 Å². The van der Waals surface area contributed by atoms with E-state index in [0.29, 0.717) is 22.3 Å². The first kappa shape index (κ1) is 16.8. The smallest absolute Gasteiger partial charge is 0.240 e. The van der Waals surface area contributed by atoms with E-state index in [1.165, 1.54) is 0 Å². The van der Waals surface area contributed by atoms with Crippen molar-refractivity contribution in [3.05, 3.63) is 22.2 Å². The van der Waals surface area contributed by atoms with Crippen LogP contribution in [0, 0.1) is 6.92 Å². The Hall–Kier alpha value is -0.240. The van der Waals surface area contributed by atoms with E-state index in [4.69, 9.17) is 5.73 Å². The minimum absolute atomic E-state index is 0.240. The van der Waals surface area contributed by atoms with Crippen molar-refractivity contribution < 1.29 is 8.42 Å². The molecule has 0 aromatic heterocycles. The molecule has 0 atom stereocenters. The zero-order valence-corrected chi connectivity index (χ0v) is 14.3. The van der Waals surface area contributed by atoms with Crippen molar-refractivity contribution >= 4 is 43.4 Å². The topological polar surface area (TPSA) is 72.2 Å². The molecule has 0 aliphatic carbocycles. The van der Waals surface area contributed by atoms with Gasteiger partial charge in [0, 0.05) is 16.7 Å². The number of anilines is 1. The number of nitrogen functional groups attached to an aromatic ring is 1.